The third kappa shape index (κ3) is 7.87. The molecule has 6 nitrogen and oxygen atoms in total. The average Bonchev–Trinajstić information content (AvgIpc) is 2.48. The second-order valence-electron chi connectivity index (χ2n) is 5.53. The van der Waals surface area contributed by atoms with E-state index in [0.29, 0.717) is 6.54 Å². The van der Waals surface area contributed by atoms with Crippen LogP contribution >= 0.6 is 0 Å². The van der Waals surface area contributed by atoms with Gasteiger partial charge in [-0.05, 0) is 38.1 Å². The van der Waals surface area contributed by atoms with E-state index in [2.05, 4.69) is 15.4 Å². The van der Waals surface area contributed by atoms with Gasteiger partial charge in [-0.1, -0.05) is 19.1 Å². The summed E-state index contributed by atoms with van der Waals surface area (Å²) in [7, 11) is 1.72. The number of urea groups is 1. The van der Waals surface area contributed by atoms with Crippen molar-refractivity contribution in [1.29, 1.82) is 0 Å². The number of likely N-dealkylation sites (N-methyl/N-ethyl adjacent to an activating group) is 1. The SMILES string of the molecule is CC[C@@H](C)NC(=O)NC(=O)CN(C)Cc1ccc(OC(F)F)cc1. The van der Waals surface area contributed by atoms with Gasteiger partial charge in [0.25, 0.3) is 0 Å². The summed E-state index contributed by atoms with van der Waals surface area (Å²) < 4.78 is 28.4. The van der Waals surface area contributed by atoms with Crippen molar-refractivity contribution in [3.05, 3.63) is 29.8 Å². The molecule has 0 saturated carbocycles. The van der Waals surface area contributed by atoms with Crippen LogP contribution in [0.2, 0.25) is 0 Å². The van der Waals surface area contributed by atoms with Gasteiger partial charge in [-0.25, -0.2) is 4.79 Å². The van der Waals surface area contributed by atoms with Gasteiger partial charge in [0.1, 0.15) is 5.75 Å². The van der Waals surface area contributed by atoms with E-state index in [1.165, 1.54) is 12.1 Å². The highest BCUT2D eigenvalue weighted by Crippen LogP contribution is 2.15. The molecule has 1 aromatic rings. The van der Waals surface area contributed by atoms with Gasteiger partial charge in [0.15, 0.2) is 0 Å². The van der Waals surface area contributed by atoms with Crippen LogP contribution < -0.4 is 15.4 Å². The smallest absolute Gasteiger partial charge is 0.387 e. The highest BCUT2D eigenvalue weighted by molar-refractivity contribution is 5.95. The zero-order valence-corrected chi connectivity index (χ0v) is 14.0. The quantitative estimate of drug-likeness (QED) is 0.760. The number of nitrogens with zero attached hydrogens (tertiary/aromatic N) is 1. The van der Waals surface area contributed by atoms with Crippen LogP contribution in [0, 0.1) is 0 Å². The lowest BCUT2D eigenvalue weighted by Gasteiger charge is -2.17. The second kappa shape index (κ2) is 9.82. The number of halogens is 2. The minimum Gasteiger partial charge on any atom is -0.435 e. The maximum Gasteiger partial charge on any atom is 0.387 e. The molecule has 3 amide bonds. The van der Waals surface area contributed by atoms with E-state index >= 15 is 0 Å². The Bertz CT molecular complexity index is 538. The third-order valence-corrected chi connectivity index (χ3v) is 3.26. The minimum absolute atomic E-state index is 0.00972. The number of alkyl halides is 2. The van der Waals surface area contributed by atoms with Crippen molar-refractivity contribution in [2.24, 2.45) is 0 Å². The number of rotatable bonds is 8. The molecule has 0 saturated heterocycles. The molecule has 0 fully saturated rings. The van der Waals surface area contributed by atoms with Crippen molar-refractivity contribution in [2.45, 2.75) is 39.5 Å². The average molecular weight is 343 g/mol. The summed E-state index contributed by atoms with van der Waals surface area (Å²) in [5, 5.41) is 4.90. The summed E-state index contributed by atoms with van der Waals surface area (Å²) >= 11 is 0. The largest absolute Gasteiger partial charge is 0.435 e. The Hall–Kier alpha value is -2.22. The number of ether oxygens (including phenoxy) is 1. The maximum atomic E-state index is 12.1. The topological polar surface area (TPSA) is 70.7 Å². The van der Waals surface area contributed by atoms with Crippen molar-refractivity contribution in [3.63, 3.8) is 0 Å². The summed E-state index contributed by atoms with van der Waals surface area (Å²) in [5.74, 6) is -0.341. The number of benzene rings is 1. The first-order valence-corrected chi connectivity index (χ1v) is 7.62. The molecular formula is C16H23F2N3O3. The Morgan fingerprint density at radius 2 is 1.88 bits per heavy atom. The number of hydrogen-bond donors (Lipinski definition) is 2. The Morgan fingerprint density at radius 1 is 1.25 bits per heavy atom. The number of carbonyl (C=O) groups is 2. The number of nitrogens with one attached hydrogen (secondary N) is 2. The van der Waals surface area contributed by atoms with E-state index < -0.39 is 18.5 Å². The Kier molecular flexibility index (Phi) is 8.11. The standard InChI is InChI=1S/C16H23F2N3O3/c1-4-11(2)19-16(23)20-14(22)10-21(3)9-12-5-7-13(8-6-12)24-15(17)18/h5-8,11,15H,4,9-10H2,1-3H3,(H2,19,20,22,23)/t11-/m1/s1. The highest BCUT2D eigenvalue weighted by atomic mass is 19.3. The van der Waals surface area contributed by atoms with Crippen molar-refractivity contribution in [1.82, 2.24) is 15.5 Å². The van der Waals surface area contributed by atoms with Gasteiger partial charge < -0.3 is 10.1 Å². The minimum atomic E-state index is -2.86. The van der Waals surface area contributed by atoms with Crippen LogP contribution in [0.3, 0.4) is 0 Å². The van der Waals surface area contributed by atoms with E-state index in [1.54, 1.807) is 24.1 Å². The lowest BCUT2D eigenvalue weighted by atomic mass is 10.2. The lowest BCUT2D eigenvalue weighted by molar-refractivity contribution is -0.121. The van der Waals surface area contributed by atoms with Crippen LogP contribution in [0.5, 0.6) is 5.75 Å². The monoisotopic (exact) mass is 343 g/mol. The van der Waals surface area contributed by atoms with Gasteiger partial charge in [0.2, 0.25) is 5.91 Å². The molecule has 8 heteroatoms. The molecule has 1 rings (SSSR count). The van der Waals surface area contributed by atoms with E-state index in [0.717, 1.165) is 12.0 Å². The maximum absolute atomic E-state index is 12.1. The van der Waals surface area contributed by atoms with E-state index in [4.69, 9.17) is 0 Å². The molecule has 1 aromatic carbocycles. The normalized spacial score (nSPS) is 12.1. The van der Waals surface area contributed by atoms with Crippen LogP contribution in [-0.2, 0) is 11.3 Å². The first kappa shape index (κ1) is 19.8. The summed E-state index contributed by atoms with van der Waals surface area (Å²) in [4.78, 5) is 25.0. The number of hydrogen-bond acceptors (Lipinski definition) is 4. The molecule has 0 spiro atoms. The first-order chi connectivity index (χ1) is 11.3. The van der Waals surface area contributed by atoms with Crippen LogP contribution in [0.1, 0.15) is 25.8 Å². The van der Waals surface area contributed by atoms with Crippen molar-refractivity contribution < 1.29 is 23.1 Å². The first-order valence-electron chi connectivity index (χ1n) is 7.62. The molecule has 0 aliphatic rings. The molecule has 1 atom stereocenters. The Balaban J connectivity index is 2.40. The van der Waals surface area contributed by atoms with Crippen LogP contribution in [0.4, 0.5) is 13.6 Å². The molecule has 2 N–H and O–H groups in total. The fraction of sp³-hybridized carbons (Fsp3) is 0.500. The second-order valence-corrected chi connectivity index (χ2v) is 5.53. The van der Waals surface area contributed by atoms with Gasteiger partial charge in [0, 0.05) is 12.6 Å². The number of amides is 3. The molecule has 0 aromatic heterocycles. The van der Waals surface area contributed by atoms with Gasteiger partial charge >= 0.3 is 12.6 Å². The highest BCUT2D eigenvalue weighted by Gasteiger charge is 2.12. The van der Waals surface area contributed by atoms with Gasteiger partial charge in [-0.3, -0.25) is 15.0 Å². The molecule has 0 aliphatic heterocycles. The van der Waals surface area contributed by atoms with Crippen molar-refractivity contribution >= 4 is 11.9 Å². The summed E-state index contributed by atoms with van der Waals surface area (Å²) in [6, 6.07) is 5.63. The van der Waals surface area contributed by atoms with Gasteiger partial charge in [0.05, 0.1) is 6.54 Å². The molecule has 0 aliphatic carbocycles. The summed E-state index contributed by atoms with van der Waals surface area (Å²) in [6.45, 7) is 1.37. The summed E-state index contributed by atoms with van der Waals surface area (Å²) in [6.07, 6.45) is 0.771. The Labute approximate surface area is 140 Å². The van der Waals surface area contributed by atoms with Gasteiger partial charge in [-0.2, -0.15) is 8.78 Å². The fourth-order valence-corrected chi connectivity index (χ4v) is 1.92. The molecule has 0 radical (unpaired) electrons. The fourth-order valence-electron chi connectivity index (χ4n) is 1.92. The van der Waals surface area contributed by atoms with E-state index in [1.807, 2.05) is 13.8 Å². The number of carbonyl (C=O) groups excluding carboxylic acids is 2. The third-order valence-electron chi connectivity index (χ3n) is 3.26. The van der Waals surface area contributed by atoms with Crippen molar-refractivity contribution in [2.75, 3.05) is 13.6 Å². The predicted octanol–water partition coefficient (Wildman–Crippen LogP) is 2.34. The Morgan fingerprint density at radius 3 is 2.42 bits per heavy atom. The molecule has 24 heavy (non-hydrogen) atoms. The molecule has 0 unspecified atom stereocenters. The predicted molar refractivity (Wildman–Crippen MR) is 85.8 cm³/mol. The van der Waals surface area contributed by atoms with Crippen molar-refractivity contribution in [3.8, 4) is 5.75 Å². The zero-order chi connectivity index (χ0) is 18.1. The van der Waals surface area contributed by atoms with Gasteiger partial charge in [-0.15, -0.1) is 0 Å². The van der Waals surface area contributed by atoms with E-state index in [9.17, 15) is 18.4 Å². The van der Waals surface area contributed by atoms with E-state index in [-0.39, 0.29) is 18.3 Å². The molecule has 0 bridgehead atoms. The van der Waals surface area contributed by atoms with Crippen LogP contribution in [0.15, 0.2) is 24.3 Å². The molecule has 0 heterocycles. The van der Waals surface area contributed by atoms with Crippen LogP contribution in [-0.4, -0.2) is 43.1 Å². The molecule has 134 valence electrons. The van der Waals surface area contributed by atoms with Crippen LogP contribution in [0.25, 0.3) is 0 Å². The molecular weight excluding hydrogens is 320 g/mol. The lowest BCUT2D eigenvalue weighted by Crippen LogP contribution is -2.46. The summed E-state index contributed by atoms with van der Waals surface area (Å²) in [5.41, 5.74) is 0.830. The zero-order valence-electron chi connectivity index (χ0n) is 14.0. The number of imide groups is 1.